The summed E-state index contributed by atoms with van der Waals surface area (Å²) < 4.78 is 1.71. The molecule has 0 atom stereocenters. The summed E-state index contributed by atoms with van der Waals surface area (Å²) >= 11 is 1.45. The van der Waals surface area contributed by atoms with Gasteiger partial charge in [0.25, 0.3) is 0 Å². The van der Waals surface area contributed by atoms with Crippen molar-refractivity contribution in [1.82, 2.24) is 14.6 Å². The summed E-state index contributed by atoms with van der Waals surface area (Å²) in [6.07, 6.45) is 0.435. The Morgan fingerprint density at radius 1 is 1.20 bits per heavy atom. The number of aromatic nitrogens is 3. The first-order chi connectivity index (χ1) is 11.9. The molecule has 0 spiro atoms. The first kappa shape index (κ1) is 17.1. The second-order valence-corrected chi connectivity index (χ2v) is 6.99. The summed E-state index contributed by atoms with van der Waals surface area (Å²) in [5.74, 6) is 0.397. The number of thiazole rings is 1. The molecule has 1 aromatic carbocycles. The van der Waals surface area contributed by atoms with Gasteiger partial charge >= 0.3 is 0 Å². The SMILES string of the molecule is CC(=O)Nc1ccc(-c2csc3nc(NC(=O)CC(C)C)nn23)cc1. The molecule has 3 rings (SSSR count). The molecule has 8 heteroatoms. The third kappa shape index (κ3) is 4.03. The maximum atomic E-state index is 11.9. The van der Waals surface area contributed by atoms with E-state index >= 15 is 0 Å². The molecule has 0 saturated heterocycles. The molecule has 2 N–H and O–H groups in total. The molecular formula is C17H19N5O2S. The minimum absolute atomic E-state index is 0.0885. The van der Waals surface area contributed by atoms with Crippen molar-refractivity contribution in [2.45, 2.75) is 27.2 Å². The quantitative estimate of drug-likeness (QED) is 0.732. The highest BCUT2D eigenvalue weighted by Crippen LogP contribution is 2.27. The number of fused-ring (bicyclic) bond motifs is 1. The normalized spacial score (nSPS) is 11.0. The van der Waals surface area contributed by atoms with E-state index in [1.165, 1.54) is 18.3 Å². The third-order valence-corrected chi connectivity index (χ3v) is 4.24. The van der Waals surface area contributed by atoms with E-state index in [4.69, 9.17) is 0 Å². The maximum Gasteiger partial charge on any atom is 0.250 e. The van der Waals surface area contributed by atoms with Gasteiger partial charge in [-0.1, -0.05) is 26.0 Å². The van der Waals surface area contributed by atoms with Crippen molar-refractivity contribution >= 4 is 39.7 Å². The fourth-order valence-electron chi connectivity index (χ4n) is 2.41. The van der Waals surface area contributed by atoms with Crippen LogP contribution in [-0.2, 0) is 9.59 Å². The van der Waals surface area contributed by atoms with Crippen molar-refractivity contribution in [3.05, 3.63) is 29.6 Å². The average Bonchev–Trinajstić information content (AvgIpc) is 3.06. The van der Waals surface area contributed by atoms with E-state index in [1.54, 1.807) is 4.52 Å². The monoisotopic (exact) mass is 357 g/mol. The van der Waals surface area contributed by atoms with Crippen LogP contribution in [0.4, 0.5) is 11.6 Å². The number of anilines is 2. The Morgan fingerprint density at radius 3 is 2.56 bits per heavy atom. The second-order valence-electron chi connectivity index (χ2n) is 6.16. The van der Waals surface area contributed by atoms with Crippen LogP contribution < -0.4 is 10.6 Å². The van der Waals surface area contributed by atoms with Gasteiger partial charge in [-0.2, -0.15) is 4.98 Å². The molecule has 25 heavy (non-hydrogen) atoms. The van der Waals surface area contributed by atoms with Crippen LogP contribution in [-0.4, -0.2) is 26.4 Å². The van der Waals surface area contributed by atoms with Gasteiger partial charge < -0.3 is 5.32 Å². The molecule has 2 aromatic heterocycles. The van der Waals surface area contributed by atoms with Crippen molar-refractivity contribution in [3.63, 3.8) is 0 Å². The van der Waals surface area contributed by atoms with Gasteiger partial charge in [0.05, 0.1) is 5.69 Å². The zero-order chi connectivity index (χ0) is 18.0. The van der Waals surface area contributed by atoms with Gasteiger partial charge in [-0.05, 0) is 18.1 Å². The molecule has 0 aliphatic carbocycles. The Hall–Kier alpha value is -2.74. The standard InChI is InChI=1S/C17H19N5O2S/c1-10(2)8-15(24)19-16-20-17-22(21-16)14(9-25-17)12-4-6-13(7-5-12)18-11(3)23/h4-7,9-10H,8H2,1-3H3,(H,18,23)(H,19,21,24). The Balaban J connectivity index is 1.83. The summed E-state index contributed by atoms with van der Waals surface area (Å²) in [5, 5.41) is 11.8. The van der Waals surface area contributed by atoms with Crippen molar-refractivity contribution in [3.8, 4) is 11.3 Å². The molecular weight excluding hydrogens is 338 g/mol. The average molecular weight is 357 g/mol. The predicted octanol–water partition coefficient (Wildman–Crippen LogP) is 3.40. The zero-order valence-corrected chi connectivity index (χ0v) is 15.1. The van der Waals surface area contributed by atoms with E-state index < -0.39 is 0 Å². The zero-order valence-electron chi connectivity index (χ0n) is 14.2. The summed E-state index contributed by atoms with van der Waals surface area (Å²) in [6.45, 7) is 5.45. The predicted molar refractivity (Wildman–Crippen MR) is 98.7 cm³/mol. The highest BCUT2D eigenvalue weighted by atomic mass is 32.1. The van der Waals surface area contributed by atoms with Gasteiger partial charge in [0.1, 0.15) is 0 Å². The van der Waals surface area contributed by atoms with Crippen molar-refractivity contribution in [2.24, 2.45) is 5.92 Å². The molecule has 0 saturated carbocycles. The van der Waals surface area contributed by atoms with Crippen molar-refractivity contribution < 1.29 is 9.59 Å². The lowest BCUT2D eigenvalue weighted by atomic mass is 10.1. The highest BCUT2D eigenvalue weighted by Gasteiger charge is 2.14. The smallest absolute Gasteiger partial charge is 0.250 e. The molecule has 130 valence electrons. The Bertz CT molecular complexity index is 911. The van der Waals surface area contributed by atoms with Gasteiger partial charge in [0, 0.05) is 30.0 Å². The van der Waals surface area contributed by atoms with E-state index in [2.05, 4.69) is 20.7 Å². The Labute approximate surface area is 149 Å². The van der Waals surface area contributed by atoms with Gasteiger partial charge in [-0.15, -0.1) is 16.4 Å². The summed E-state index contributed by atoms with van der Waals surface area (Å²) in [4.78, 5) is 28.0. The number of nitrogens with zero attached hydrogens (tertiary/aromatic N) is 3. The van der Waals surface area contributed by atoms with Crippen LogP contribution >= 0.6 is 11.3 Å². The molecule has 3 aromatic rings. The van der Waals surface area contributed by atoms with Crippen LogP contribution in [0.25, 0.3) is 16.2 Å². The van der Waals surface area contributed by atoms with Gasteiger partial charge in [0.2, 0.25) is 22.7 Å². The number of amides is 2. The van der Waals surface area contributed by atoms with Crippen LogP contribution in [0.15, 0.2) is 29.6 Å². The molecule has 0 aliphatic rings. The first-order valence-electron chi connectivity index (χ1n) is 7.94. The molecule has 0 fully saturated rings. The number of carbonyl (C=O) groups is 2. The lowest BCUT2D eigenvalue weighted by Gasteiger charge is -2.04. The van der Waals surface area contributed by atoms with Crippen molar-refractivity contribution in [1.29, 1.82) is 0 Å². The summed E-state index contributed by atoms with van der Waals surface area (Å²) in [7, 11) is 0. The number of benzene rings is 1. The Morgan fingerprint density at radius 2 is 1.92 bits per heavy atom. The van der Waals surface area contributed by atoms with E-state index in [9.17, 15) is 9.59 Å². The van der Waals surface area contributed by atoms with Gasteiger partial charge in [-0.3, -0.25) is 14.9 Å². The van der Waals surface area contributed by atoms with E-state index in [0.717, 1.165) is 16.9 Å². The number of hydrogen-bond acceptors (Lipinski definition) is 5. The lowest BCUT2D eigenvalue weighted by Crippen LogP contribution is -2.14. The van der Waals surface area contributed by atoms with Crippen LogP contribution in [0.3, 0.4) is 0 Å². The third-order valence-electron chi connectivity index (χ3n) is 3.43. The Kier molecular flexibility index (Phi) is 4.80. The number of nitrogens with one attached hydrogen (secondary N) is 2. The molecule has 0 bridgehead atoms. The topological polar surface area (TPSA) is 88.4 Å². The fraction of sp³-hybridized carbons (Fsp3) is 0.294. The number of rotatable bonds is 5. The van der Waals surface area contributed by atoms with Crippen LogP contribution in [0.1, 0.15) is 27.2 Å². The minimum Gasteiger partial charge on any atom is -0.326 e. The summed E-state index contributed by atoms with van der Waals surface area (Å²) in [5.41, 5.74) is 2.57. The molecule has 0 aliphatic heterocycles. The van der Waals surface area contributed by atoms with E-state index in [1.807, 2.05) is 43.5 Å². The van der Waals surface area contributed by atoms with E-state index in [-0.39, 0.29) is 17.7 Å². The van der Waals surface area contributed by atoms with Crippen LogP contribution in [0, 0.1) is 5.92 Å². The molecule has 7 nitrogen and oxygen atoms in total. The van der Waals surface area contributed by atoms with E-state index in [0.29, 0.717) is 17.3 Å². The number of hydrogen-bond donors (Lipinski definition) is 2. The lowest BCUT2D eigenvalue weighted by molar-refractivity contribution is -0.117. The van der Waals surface area contributed by atoms with Crippen LogP contribution in [0.2, 0.25) is 0 Å². The first-order valence-corrected chi connectivity index (χ1v) is 8.82. The molecule has 0 radical (unpaired) electrons. The molecule has 0 unspecified atom stereocenters. The highest BCUT2D eigenvalue weighted by molar-refractivity contribution is 7.15. The second kappa shape index (κ2) is 7.02. The maximum absolute atomic E-state index is 11.9. The largest absolute Gasteiger partial charge is 0.326 e. The number of carbonyl (C=O) groups excluding carboxylic acids is 2. The fourth-order valence-corrected chi connectivity index (χ4v) is 3.24. The van der Waals surface area contributed by atoms with Gasteiger partial charge in [-0.25, -0.2) is 4.52 Å². The molecule has 2 heterocycles. The van der Waals surface area contributed by atoms with Gasteiger partial charge in [0.15, 0.2) is 0 Å². The summed E-state index contributed by atoms with van der Waals surface area (Å²) in [6, 6.07) is 7.49. The minimum atomic E-state index is -0.108. The molecule has 2 amide bonds. The van der Waals surface area contributed by atoms with Crippen LogP contribution in [0.5, 0.6) is 0 Å². The van der Waals surface area contributed by atoms with Crippen molar-refractivity contribution in [2.75, 3.05) is 10.6 Å².